The summed E-state index contributed by atoms with van der Waals surface area (Å²) in [6, 6.07) is 0.163. The van der Waals surface area contributed by atoms with Gasteiger partial charge in [0, 0.05) is 0 Å². The zero-order valence-corrected chi connectivity index (χ0v) is 9.49. The minimum Gasteiger partial charge on any atom is -0.460 e. The van der Waals surface area contributed by atoms with Crippen molar-refractivity contribution in [2.24, 2.45) is 5.92 Å². The Balaban J connectivity index is 2.10. The number of ether oxygens (including phenoxy) is 1. The molecule has 2 atom stereocenters. The summed E-state index contributed by atoms with van der Waals surface area (Å²) in [7, 11) is 0. The molecule has 2 unspecified atom stereocenters. The molecule has 88 valence electrons. The van der Waals surface area contributed by atoms with Crippen LogP contribution < -0.4 is 5.32 Å². The zero-order valence-electron chi connectivity index (χ0n) is 9.49. The molecule has 2 heterocycles. The highest BCUT2D eigenvalue weighted by Gasteiger charge is 2.28. The van der Waals surface area contributed by atoms with Crippen molar-refractivity contribution < 1.29 is 9.53 Å². The average Bonchev–Trinajstić information content (AvgIpc) is 2.86. The lowest BCUT2D eigenvalue weighted by molar-refractivity contribution is 0.0512. The van der Waals surface area contributed by atoms with Gasteiger partial charge in [0.2, 0.25) is 0 Å². The van der Waals surface area contributed by atoms with E-state index in [-0.39, 0.29) is 11.9 Å². The van der Waals surface area contributed by atoms with Gasteiger partial charge in [0.15, 0.2) is 0 Å². The van der Waals surface area contributed by atoms with Crippen LogP contribution in [0.25, 0.3) is 0 Å². The Hall–Kier alpha value is -1.43. The molecular weight excluding hydrogens is 208 g/mol. The first-order valence-electron chi connectivity index (χ1n) is 5.55. The number of hydrogen-bond acceptors (Lipinski definition) is 5. The minimum atomic E-state index is -0.476. The van der Waals surface area contributed by atoms with E-state index in [1.807, 2.05) is 0 Å². The lowest BCUT2D eigenvalue weighted by Gasteiger charge is -2.10. The highest BCUT2D eigenvalue weighted by molar-refractivity contribution is 5.84. The Morgan fingerprint density at radius 3 is 3.06 bits per heavy atom. The quantitative estimate of drug-likeness (QED) is 0.737. The standard InChI is InChI=1S/C10H16N4O2/c1-3-16-10(15)9-12-8(13-14-9)7-6(2)4-5-11-7/h6-7,11H,3-5H2,1-2H3,(H,12,13,14). The molecule has 0 radical (unpaired) electrons. The summed E-state index contributed by atoms with van der Waals surface area (Å²) in [4.78, 5) is 15.5. The molecular formula is C10H16N4O2. The maximum Gasteiger partial charge on any atom is 0.378 e. The number of esters is 1. The van der Waals surface area contributed by atoms with Crippen LogP contribution in [0.5, 0.6) is 0 Å². The van der Waals surface area contributed by atoms with Crippen molar-refractivity contribution in [3.8, 4) is 0 Å². The van der Waals surface area contributed by atoms with Crippen molar-refractivity contribution in [2.75, 3.05) is 13.2 Å². The molecule has 6 heteroatoms. The lowest BCUT2D eigenvalue weighted by atomic mass is 10.0. The molecule has 1 aromatic rings. The molecule has 6 nitrogen and oxygen atoms in total. The molecule has 1 aliphatic rings. The van der Waals surface area contributed by atoms with E-state index in [2.05, 4.69) is 27.4 Å². The van der Waals surface area contributed by atoms with Crippen molar-refractivity contribution in [2.45, 2.75) is 26.3 Å². The fraction of sp³-hybridized carbons (Fsp3) is 0.700. The van der Waals surface area contributed by atoms with Crippen molar-refractivity contribution >= 4 is 5.97 Å². The Labute approximate surface area is 93.8 Å². The highest BCUT2D eigenvalue weighted by Crippen LogP contribution is 2.26. The van der Waals surface area contributed by atoms with E-state index in [0.29, 0.717) is 18.3 Å². The van der Waals surface area contributed by atoms with E-state index in [1.165, 1.54) is 0 Å². The molecule has 0 saturated carbocycles. The van der Waals surface area contributed by atoms with Crippen LogP contribution in [-0.2, 0) is 4.74 Å². The summed E-state index contributed by atoms with van der Waals surface area (Å²) >= 11 is 0. The molecule has 1 aliphatic heterocycles. The molecule has 1 saturated heterocycles. The van der Waals surface area contributed by atoms with Gasteiger partial charge in [0.25, 0.3) is 5.82 Å². The third-order valence-electron chi connectivity index (χ3n) is 2.79. The monoisotopic (exact) mass is 224 g/mol. The molecule has 1 fully saturated rings. The highest BCUT2D eigenvalue weighted by atomic mass is 16.5. The lowest BCUT2D eigenvalue weighted by Crippen LogP contribution is -2.18. The first kappa shape index (κ1) is 11.1. The van der Waals surface area contributed by atoms with Crippen LogP contribution in [0.15, 0.2) is 0 Å². The fourth-order valence-corrected chi connectivity index (χ4v) is 1.90. The molecule has 0 aliphatic carbocycles. The smallest absolute Gasteiger partial charge is 0.378 e. The zero-order chi connectivity index (χ0) is 11.5. The van der Waals surface area contributed by atoms with Gasteiger partial charge in [-0.15, -0.1) is 5.10 Å². The normalized spacial score (nSPS) is 24.6. The van der Waals surface area contributed by atoms with Gasteiger partial charge in [-0.2, -0.15) is 0 Å². The third kappa shape index (κ3) is 2.06. The summed E-state index contributed by atoms with van der Waals surface area (Å²) < 4.78 is 4.83. The van der Waals surface area contributed by atoms with Crippen LogP contribution in [0.4, 0.5) is 0 Å². The Morgan fingerprint density at radius 1 is 1.62 bits per heavy atom. The predicted molar refractivity (Wildman–Crippen MR) is 56.9 cm³/mol. The molecule has 0 aromatic carbocycles. The average molecular weight is 224 g/mol. The van der Waals surface area contributed by atoms with Gasteiger partial charge in [-0.05, 0) is 25.8 Å². The minimum absolute atomic E-state index is 0.109. The number of aromatic nitrogens is 3. The SMILES string of the molecule is CCOC(=O)c1n[nH]c(C2NCCC2C)n1. The van der Waals surface area contributed by atoms with Crippen LogP contribution in [0.1, 0.15) is 42.8 Å². The van der Waals surface area contributed by atoms with Gasteiger partial charge in [0.1, 0.15) is 5.82 Å². The molecule has 16 heavy (non-hydrogen) atoms. The molecule has 0 bridgehead atoms. The van der Waals surface area contributed by atoms with Crippen molar-refractivity contribution in [1.29, 1.82) is 0 Å². The van der Waals surface area contributed by atoms with E-state index >= 15 is 0 Å². The third-order valence-corrected chi connectivity index (χ3v) is 2.79. The first-order chi connectivity index (χ1) is 7.72. The maximum atomic E-state index is 11.4. The number of nitrogens with zero attached hydrogens (tertiary/aromatic N) is 2. The summed E-state index contributed by atoms with van der Waals surface area (Å²) in [5, 5.41) is 9.98. The van der Waals surface area contributed by atoms with Gasteiger partial charge in [-0.1, -0.05) is 6.92 Å². The van der Waals surface area contributed by atoms with E-state index in [0.717, 1.165) is 13.0 Å². The number of nitrogens with one attached hydrogen (secondary N) is 2. The number of carbonyl (C=O) groups excluding carboxylic acids is 1. The van der Waals surface area contributed by atoms with Gasteiger partial charge < -0.3 is 10.1 Å². The second-order valence-corrected chi connectivity index (χ2v) is 3.96. The van der Waals surface area contributed by atoms with Crippen molar-refractivity contribution in [3.05, 3.63) is 11.6 Å². The van der Waals surface area contributed by atoms with Gasteiger partial charge >= 0.3 is 5.97 Å². The summed E-state index contributed by atoms with van der Waals surface area (Å²) in [5.41, 5.74) is 0. The Morgan fingerprint density at radius 2 is 2.44 bits per heavy atom. The second kappa shape index (κ2) is 4.61. The first-order valence-corrected chi connectivity index (χ1v) is 5.55. The Kier molecular flexibility index (Phi) is 3.19. The van der Waals surface area contributed by atoms with Crippen LogP contribution in [0, 0.1) is 5.92 Å². The van der Waals surface area contributed by atoms with Crippen LogP contribution >= 0.6 is 0 Å². The van der Waals surface area contributed by atoms with Crippen molar-refractivity contribution in [1.82, 2.24) is 20.5 Å². The van der Waals surface area contributed by atoms with E-state index < -0.39 is 5.97 Å². The number of carbonyl (C=O) groups is 1. The largest absolute Gasteiger partial charge is 0.460 e. The van der Waals surface area contributed by atoms with Gasteiger partial charge in [-0.25, -0.2) is 9.78 Å². The maximum absolute atomic E-state index is 11.4. The van der Waals surface area contributed by atoms with Crippen molar-refractivity contribution in [3.63, 3.8) is 0 Å². The van der Waals surface area contributed by atoms with Crippen LogP contribution in [0.3, 0.4) is 0 Å². The van der Waals surface area contributed by atoms with Gasteiger partial charge in [-0.3, -0.25) is 5.10 Å². The van der Waals surface area contributed by atoms with E-state index in [9.17, 15) is 4.79 Å². The van der Waals surface area contributed by atoms with Crippen LogP contribution in [0.2, 0.25) is 0 Å². The number of H-pyrrole nitrogens is 1. The molecule has 2 N–H and O–H groups in total. The predicted octanol–water partition coefficient (Wildman–Crippen LogP) is 0.652. The summed E-state index contributed by atoms with van der Waals surface area (Å²) in [6.45, 7) is 5.21. The van der Waals surface area contributed by atoms with E-state index in [4.69, 9.17) is 4.74 Å². The molecule has 0 spiro atoms. The fourth-order valence-electron chi connectivity index (χ4n) is 1.90. The number of hydrogen-bond donors (Lipinski definition) is 2. The van der Waals surface area contributed by atoms with Gasteiger partial charge in [0.05, 0.1) is 12.6 Å². The molecule has 2 rings (SSSR count). The molecule has 0 amide bonds. The Bertz CT molecular complexity index is 377. The summed E-state index contributed by atoms with van der Waals surface area (Å²) in [5.74, 6) is 0.851. The number of aromatic amines is 1. The number of rotatable bonds is 3. The summed E-state index contributed by atoms with van der Waals surface area (Å²) in [6.07, 6.45) is 1.11. The molecule has 1 aromatic heterocycles. The topological polar surface area (TPSA) is 79.9 Å². The second-order valence-electron chi connectivity index (χ2n) is 3.96. The van der Waals surface area contributed by atoms with E-state index in [1.54, 1.807) is 6.92 Å². The van der Waals surface area contributed by atoms with Crippen LogP contribution in [-0.4, -0.2) is 34.3 Å².